The molecule has 2 fully saturated rings. The lowest BCUT2D eigenvalue weighted by Crippen LogP contribution is -2.44. The van der Waals surface area contributed by atoms with Crippen molar-refractivity contribution in [3.63, 3.8) is 0 Å². The number of nitrogens with zero attached hydrogens (tertiary/aromatic N) is 1. The van der Waals surface area contributed by atoms with Crippen LogP contribution in [0.1, 0.15) is 65.7 Å². The molecule has 1 N–H and O–H groups in total. The first kappa shape index (κ1) is 16.3. The fraction of sp³-hybridized carbons (Fsp3) is 1.00. The molecule has 0 aromatic rings. The van der Waals surface area contributed by atoms with E-state index in [4.69, 9.17) is 0 Å². The summed E-state index contributed by atoms with van der Waals surface area (Å²) in [5.74, 6) is 1.82. The standard InChI is InChI=1S/C18H36N2/c1-18(2,3)16-8-5-9-17(11-10-16)20-12-6-7-15(14-20)13-19-4/h15-17,19H,5-14H2,1-4H3. The summed E-state index contributed by atoms with van der Waals surface area (Å²) in [6.07, 6.45) is 10.1. The lowest BCUT2D eigenvalue weighted by atomic mass is 9.76. The Labute approximate surface area is 126 Å². The number of hydrogen-bond donors (Lipinski definition) is 1. The van der Waals surface area contributed by atoms with Crippen LogP contribution in [0.4, 0.5) is 0 Å². The van der Waals surface area contributed by atoms with Gasteiger partial charge in [0.1, 0.15) is 0 Å². The van der Waals surface area contributed by atoms with E-state index in [0.717, 1.165) is 17.9 Å². The summed E-state index contributed by atoms with van der Waals surface area (Å²) < 4.78 is 0. The molecule has 1 saturated heterocycles. The van der Waals surface area contributed by atoms with E-state index in [1.807, 2.05) is 0 Å². The first-order valence-corrected chi connectivity index (χ1v) is 8.89. The lowest BCUT2D eigenvalue weighted by molar-refractivity contribution is 0.110. The van der Waals surface area contributed by atoms with Crippen molar-refractivity contribution in [2.24, 2.45) is 17.3 Å². The third-order valence-corrected chi connectivity index (χ3v) is 5.72. The maximum atomic E-state index is 3.37. The summed E-state index contributed by atoms with van der Waals surface area (Å²) >= 11 is 0. The van der Waals surface area contributed by atoms with E-state index in [-0.39, 0.29) is 0 Å². The molecule has 118 valence electrons. The number of rotatable bonds is 3. The van der Waals surface area contributed by atoms with Gasteiger partial charge in [0.2, 0.25) is 0 Å². The molecule has 2 heteroatoms. The Kier molecular flexibility index (Phi) is 5.92. The summed E-state index contributed by atoms with van der Waals surface area (Å²) in [5.41, 5.74) is 0.505. The van der Waals surface area contributed by atoms with Crippen LogP contribution in [0.15, 0.2) is 0 Å². The predicted molar refractivity (Wildman–Crippen MR) is 88.0 cm³/mol. The van der Waals surface area contributed by atoms with Crippen LogP contribution in [-0.2, 0) is 0 Å². The van der Waals surface area contributed by atoms with Crippen LogP contribution in [0.3, 0.4) is 0 Å². The third-order valence-electron chi connectivity index (χ3n) is 5.72. The molecule has 1 saturated carbocycles. The van der Waals surface area contributed by atoms with Crippen LogP contribution in [0.5, 0.6) is 0 Å². The molecular weight excluding hydrogens is 244 g/mol. The Morgan fingerprint density at radius 1 is 1.00 bits per heavy atom. The van der Waals surface area contributed by atoms with Crippen LogP contribution in [0.2, 0.25) is 0 Å². The van der Waals surface area contributed by atoms with E-state index >= 15 is 0 Å². The minimum absolute atomic E-state index is 0.505. The summed E-state index contributed by atoms with van der Waals surface area (Å²) in [5, 5.41) is 3.37. The van der Waals surface area contributed by atoms with E-state index in [9.17, 15) is 0 Å². The zero-order valence-corrected chi connectivity index (χ0v) is 14.3. The molecule has 1 aliphatic heterocycles. The molecule has 3 unspecified atom stereocenters. The van der Waals surface area contributed by atoms with Gasteiger partial charge in [0.05, 0.1) is 0 Å². The van der Waals surface area contributed by atoms with Crippen molar-refractivity contribution in [1.82, 2.24) is 10.2 Å². The minimum Gasteiger partial charge on any atom is -0.319 e. The zero-order valence-electron chi connectivity index (χ0n) is 14.3. The average Bonchev–Trinajstić information content (AvgIpc) is 2.64. The molecule has 0 aromatic heterocycles. The Hall–Kier alpha value is -0.0800. The van der Waals surface area contributed by atoms with Crippen molar-refractivity contribution in [2.75, 3.05) is 26.7 Å². The predicted octanol–water partition coefficient (Wildman–Crippen LogP) is 3.91. The largest absolute Gasteiger partial charge is 0.319 e. The summed E-state index contributed by atoms with van der Waals surface area (Å²) in [7, 11) is 2.10. The lowest BCUT2D eigenvalue weighted by Gasteiger charge is -2.38. The molecule has 3 atom stereocenters. The van der Waals surface area contributed by atoms with Crippen LogP contribution in [0.25, 0.3) is 0 Å². The van der Waals surface area contributed by atoms with Gasteiger partial charge in [0, 0.05) is 12.6 Å². The first-order chi connectivity index (χ1) is 9.50. The van der Waals surface area contributed by atoms with Crippen LogP contribution < -0.4 is 5.32 Å². The first-order valence-electron chi connectivity index (χ1n) is 8.89. The second kappa shape index (κ2) is 7.26. The highest BCUT2D eigenvalue weighted by molar-refractivity contribution is 4.85. The molecule has 0 spiro atoms. The van der Waals surface area contributed by atoms with Crippen molar-refractivity contribution in [1.29, 1.82) is 0 Å². The molecule has 20 heavy (non-hydrogen) atoms. The van der Waals surface area contributed by atoms with Gasteiger partial charge in [0.25, 0.3) is 0 Å². The Balaban J connectivity index is 1.86. The molecule has 2 rings (SSSR count). The van der Waals surface area contributed by atoms with E-state index in [1.165, 1.54) is 64.6 Å². The molecule has 1 aliphatic carbocycles. The van der Waals surface area contributed by atoms with Crippen LogP contribution in [0, 0.1) is 17.3 Å². The molecule has 2 aliphatic rings. The van der Waals surface area contributed by atoms with Gasteiger partial charge in [-0.15, -0.1) is 0 Å². The van der Waals surface area contributed by atoms with Crippen molar-refractivity contribution in [3.8, 4) is 0 Å². The Morgan fingerprint density at radius 3 is 2.50 bits per heavy atom. The highest BCUT2D eigenvalue weighted by atomic mass is 15.2. The van der Waals surface area contributed by atoms with Crippen LogP contribution in [-0.4, -0.2) is 37.6 Å². The molecule has 1 heterocycles. The zero-order chi connectivity index (χ0) is 14.6. The fourth-order valence-corrected chi connectivity index (χ4v) is 4.40. The maximum absolute atomic E-state index is 3.37. The second-order valence-electron chi connectivity index (χ2n) is 8.29. The Morgan fingerprint density at radius 2 is 1.80 bits per heavy atom. The quantitative estimate of drug-likeness (QED) is 0.788. The van der Waals surface area contributed by atoms with Crippen molar-refractivity contribution >= 4 is 0 Å². The fourth-order valence-electron chi connectivity index (χ4n) is 4.40. The summed E-state index contributed by atoms with van der Waals surface area (Å²) in [4.78, 5) is 2.83. The normalized spacial score (nSPS) is 33.9. The van der Waals surface area contributed by atoms with E-state index in [2.05, 4.69) is 38.0 Å². The van der Waals surface area contributed by atoms with E-state index in [0.29, 0.717) is 5.41 Å². The van der Waals surface area contributed by atoms with Gasteiger partial charge in [0.15, 0.2) is 0 Å². The maximum Gasteiger partial charge on any atom is 0.00954 e. The monoisotopic (exact) mass is 280 g/mol. The number of piperidine rings is 1. The van der Waals surface area contributed by atoms with E-state index < -0.39 is 0 Å². The summed E-state index contributed by atoms with van der Waals surface area (Å²) in [6.45, 7) is 11.2. The second-order valence-corrected chi connectivity index (χ2v) is 8.29. The molecular formula is C18H36N2. The highest BCUT2D eigenvalue weighted by Gasteiger charge is 2.31. The number of hydrogen-bond acceptors (Lipinski definition) is 2. The molecule has 2 nitrogen and oxygen atoms in total. The molecule has 0 radical (unpaired) electrons. The van der Waals surface area contributed by atoms with Gasteiger partial charge in [-0.1, -0.05) is 27.2 Å². The van der Waals surface area contributed by atoms with Gasteiger partial charge in [-0.3, -0.25) is 0 Å². The highest BCUT2D eigenvalue weighted by Crippen LogP contribution is 2.38. The smallest absolute Gasteiger partial charge is 0.00954 e. The summed E-state index contributed by atoms with van der Waals surface area (Å²) in [6, 6.07) is 0.877. The Bertz CT molecular complexity index is 280. The van der Waals surface area contributed by atoms with Crippen molar-refractivity contribution in [2.45, 2.75) is 71.8 Å². The van der Waals surface area contributed by atoms with Crippen molar-refractivity contribution < 1.29 is 0 Å². The average molecular weight is 280 g/mol. The van der Waals surface area contributed by atoms with Gasteiger partial charge in [-0.25, -0.2) is 0 Å². The molecule has 0 amide bonds. The third kappa shape index (κ3) is 4.46. The van der Waals surface area contributed by atoms with Crippen LogP contribution >= 0.6 is 0 Å². The SMILES string of the molecule is CNCC1CCCN(C2CCCC(C(C)(C)C)CC2)C1. The molecule has 0 aromatic carbocycles. The number of likely N-dealkylation sites (tertiary alicyclic amines) is 1. The van der Waals surface area contributed by atoms with Gasteiger partial charge < -0.3 is 10.2 Å². The van der Waals surface area contributed by atoms with Crippen molar-refractivity contribution in [3.05, 3.63) is 0 Å². The van der Waals surface area contributed by atoms with Gasteiger partial charge in [-0.05, 0) is 75.9 Å². The van der Waals surface area contributed by atoms with Gasteiger partial charge >= 0.3 is 0 Å². The topological polar surface area (TPSA) is 15.3 Å². The number of nitrogens with one attached hydrogen (secondary N) is 1. The van der Waals surface area contributed by atoms with Gasteiger partial charge in [-0.2, -0.15) is 0 Å². The molecule has 0 bridgehead atoms. The van der Waals surface area contributed by atoms with E-state index in [1.54, 1.807) is 0 Å². The minimum atomic E-state index is 0.505.